The van der Waals surface area contributed by atoms with E-state index in [9.17, 15) is 0 Å². The minimum atomic E-state index is -0.0389. The summed E-state index contributed by atoms with van der Waals surface area (Å²) < 4.78 is 12.6. The van der Waals surface area contributed by atoms with Gasteiger partial charge in [-0.05, 0) is 24.6 Å². The highest BCUT2D eigenvalue weighted by Crippen LogP contribution is 2.30. The van der Waals surface area contributed by atoms with Gasteiger partial charge in [0.05, 0.1) is 13.3 Å². The zero-order valence-electron chi connectivity index (χ0n) is 11.3. The van der Waals surface area contributed by atoms with E-state index >= 15 is 0 Å². The average Bonchev–Trinajstić information content (AvgIpc) is 2.81. The average molecular weight is 262 g/mol. The van der Waals surface area contributed by atoms with Crippen molar-refractivity contribution < 1.29 is 9.47 Å². The first-order valence-corrected chi connectivity index (χ1v) is 6.01. The first-order chi connectivity index (χ1) is 9.10. The van der Waals surface area contributed by atoms with Crippen molar-refractivity contribution in [2.24, 2.45) is 12.8 Å². The van der Waals surface area contributed by atoms with Crippen molar-refractivity contribution in [2.45, 2.75) is 19.6 Å². The highest BCUT2D eigenvalue weighted by Gasteiger charge is 2.09. The third kappa shape index (κ3) is 3.23. The lowest BCUT2D eigenvalue weighted by atomic mass is 10.1. The summed E-state index contributed by atoms with van der Waals surface area (Å²) in [6.45, 7) is 2.27. The molecule has 1 atom stereocenters. The number of methoxy groups -OCH3 is 1. The van der Waals surface area contributed by atoms with Crippen LogP contribution in [0.1, 0.15) is 24.2 Å². The van der Waals surface area contributed by atoms with Crippen LogP contribution < -0.4 is 15.2 Å². The van der Waals surface area contributed by atoms with Gasteiger partial charge >= 0.3 is 0 Å². The molecule has 0 spiro atoms. The van der Waals surface area contributed by atoms with Crippen LogP contribution >= 0.6 is 0 Å². The normalized spacial score (nSPS) is 12.2. The largest absolute Gasteiger partial charge is 0.493 e. The van der Waals surface area contributed by atoms with E-state index < -0.39 is 0 Å². The Morgan fingerprint density at radius 3 is 2.74 bits per heavy atom. The van der Waals surface area contributed by atoms with Gasteiger partial charge < -0.3 is 15.2 Å². The summed E-state index contributed by atoms with van der Waals surface area (Å²) in [5.74, 6) is 1.33. The lowest BCUT2D eigenvalue weighted by Gasteiger charge is -2.12. The van der Waals surface area contributed by atoms with Crippen molar-refractivity contribution >= 4 is 0 Å². The van der Waals surface area contributed by atoms with Gasteiger partial charge in [-0.25, -0.2) is 0 Å². The van der Waals surface area contributed by atoms with Crippen LogP contribution in [0, 0.1) is 0 Å². The summed E-state index contributed by atoms with van der Waals surface area (Å²) in [4.78, 5) is 0. The predicted molar refractivity (Wildman–Crippen MR) is 70.9 cm³/mol. The molecule has 1 unspecified atom stereocenters. The molecule has 0 saturated carbocycles. The number of hydrogen-bond acceptors (Lipinski definition) is 5. The SMILES string of the molecule is COc1cc(C(C)N)ccc1OCc1cn(C)nn1. The molecule has 0 bridgehead atoms. The maximum atomic E-state index is 5.84. The summed E-state index contributed by atoms with van der Waals surface area (Å²) >= 11 is 0. The lowest BCUT2D eigenvalue weighted by Crippen LogP contribution is -2.05. The Labute approximate surface area is 112 Å². The van der Waals surface area contributed by atoms with Crippen molar-refractivity contribution in [1.29, 1.82) is 0 Å². The summed E-state index contributed by atoms with van der Waals surface area (Å²) in [5, 5.41) is 7.81. The number of nitrogens with two attached hydrogens (primary N) is 1. The van der Waals surface area contributed by atoms with Gasteiger partial charge in [0.25, 0.3) is 0 Å². The fourth-order valence-electron chi connectivity index (χ4n) is 1.70. The Bertz CT molecular complexity index is 551. The van der Waals surface area contributed by atoms with Crippen molar-refractivity contribution in [2.75, 3.05) is 7.11 Å². The van der Waals surface area contributed by atoms with Crippen LogP contribution in [0.5, 0.6) is 11.5 Å². The van der Waals surface area contributed by atoms with Gasteiger partial charge in [-0.1, -0.05) is 11.3 Å². The molecule has 1 aromatic heterocycles. The van der Waals surface area contributed by atoms with Crippen LogP contribution in [0.3, 0.4) is 0 Å². The first-order valence-electron chi connectivity index (χ1n) is 6.01. The Hall–Kier alpha value is -2.08. The van der Waals surface area contributed by atoms with Crippen LogP contribution in [0.15, 0.2) is 24.4 Å². The van der Waals surface area contributed by atoms with E-state index in [1.54, 1.807) is 11.8 Å². The highest BCUT2D eigenvalue weighted by atomic mass is 16.5. The van der Waals surface area contributed by atoms with Gasteiger partial charge in [0.15, 0.2) is 11.5 Å². The number of aromatic nitrogens is 3. The zero-order chi connectivity index (χ0) is 13.8. The monoisotopic (exact) mass is 262 g/mol. The number of benzene rings is 1. The molecule has 0 aliphatic rings. The predicted octanol–water partition coefficient (Wildman–Crippen LogP) is 1.42. The number of nitrogens with zero attached hydrogens (tertiary/aromatic N) is 3. The van der Waals surface area contributed by atoms with Gasteiger partial charge in [-0.3, -0.25) is 4.68 Å². The quantitative estimate of drug-likeness (QED) is 0.882. The molecule has 0 saturated heterocycles. The molecule has 0 fully saturated rings. The fourth-order valence-corrected chi connectivity index (χ4v) is 1.70. The van der Waals surface area contributed by atoms with E-state index in [4.69, 9.17) is 15.2 Å². The molecule has 1 aromatic carbocycles. The number of hydrogen-bond donors (Lipinski definition) is 1. The van der Waals surface area contributed by atoms with E-state index in [-0.39, 0.29) is 6.04 Å². The van der Waals surface area contributed by atoms with Crippen molar-refractivity contribution in [3.63, 3.8) is 0 Å². The molecule has 1 heterocycles. The second kappa shape index (κ2) is 5.71. The Balaban J connectivity index is 2.11. The maximum absolute atomic E-state index is 5.84. The summed E-state index contributed by atoms with van der Waals surface area (Å²) in [7, 11) is 3.42. The number of rotatable bonds is 5. The van der Waals surface area contributed by atoms with Crippen molar-refractivity contribution in [1.82, 2.24) is 15.0 Å². The van der Waals surface area contributed by atoms with Gasteiger partial charge in [0, 0.05) is 13.1 Å². The fraction of sp³-hybridized carbons (Fsp3) is 0.385. The Kier molecular flexibility index (Phi) is 4.01. The Morgan fingerprint density at radius 1 is 1.37 bits per heavy atom. The van der Waals surface area contributed by atoms with Crippen molar-refractivity contribution in [3.05, 3.63) is 35.7 Å². The molecule has 2 aromatic rings. The highest BCUT2D eigenvalue weighted by molar-refractivity contribution is 5.43. The third-order valence-corrected chi connectivity index (χ3v) is 2.74. The van der Waals surface area contributed by atoms with Gasteiger partial charge in [-0.2, -0.15) is 0 Å². The summed E-state index contributed by atoms with van der Waals surface area (Å²) in [6, 6.07) is 5.63. The molecule has 19 heavy (non-hydrogen) atoms. The van der Waals surface area contributed by atoms with Crippen LogP contribution in [0.25, 0.3) is 0 Å². The molecule has 0 aliphatic heterocycles. The van der Waals surface area contributed by atoms with Gasteiger partial charge in [0.1, 0.15) is 12.3 Å². The third-order valence-electron chi connectivity index (χ3n) is 2.74. The molecular weight excluding hydrogens is 244 g/mol. The standard InChI is InChI=1S/C13H18N4O2/c1-9(14)10-4-5-12(13(6-10)18-3)19-8-11-7-17(2)16-15-11/h4-7,9H,8,14H2,1-3H3. The molecule has 6 heteroatoms. The maximum Gasteiger partial charge on any atom is 0.161 e. The number of aryl methyl sites for hydroxylation is 1. The molecular formula is C13H18N4O2. The second-order valence-corrected chi connectivity index (χ2v) is 4.37. The van der Waals surface area contributed by atoms with Gasteiger partial charge in [0.2, 0.25) is 0 Å². The lowest BCUT2D eigenvalue weighted by molar-refractivity contribution is 0.280. The summed E-state index contributed by atoms with van der Waals surface area (Å²) in [6.07, 6.45) is 1.81. The first kappa shape index (κ1) is 13.4. The second-order valence-electron chi connectivity index (χ2n) is 4.37. The molecule has 0 amide bonds. The van der Waals surface area contributed by atoms with Crippen LogP contribution in [0.2, 0.25) is 0 Å². The van der Waals surface area contributed by atoms with E-state index in [0.29, 0.717) is 18.1 Å². The molecule has 0 aliphatic carbocycles. The van der Waals surface area contributed by atoms with Crippen LogP contribution in [-0.4, -0.2) is 22.1 Å². The topological polar surface area (TPSA) is 75.2 Å². The molecule has 2 N–H and O–H groups in total. The molecule has 0 radical (unpaired) electrons. The molecule has 102 valence electrons. The van der Waals surface area contributed by atoms with Crippen LogP contribution in [0.4, 0.5) is 0 Å². The van der Waals surface area contributed by atoms with E-state index in [1.165, 1.54) is 0 Å². The molecule has 2 rings (SSSR count). The van der Waals surface area contributed by atoms with Gasteiger partial charge in [-0.15, -0.1) is 5.10 Å². The Morgan fingerprint density at radius 2 is 2.16 bits per heavy atom. The smallest absolute Gasteiger partial charge is 0.161 e. The van der Waals surface area contributed by atoms with Crippen LogP contribution in [-0.2, 0) is 13.7 Å². The minimum Gasteiger partial charge on any atom is -0.493 e. The van der Waals surface area contributed by atoms with E-state index in [1.807, 2.05) is 38.4 Å². The zero-order valence-corrected chi connectivity index (χ0v) is 11.3. The van der Waals surface area contributed by atoms with Crippen molar-refractivity contribution in [3.8, 4) is 11.5 Å². The van der Waals surface area contributed by atoms with E-state index in [0.717, 1.165) is 11.3 Å². The van der Waals surface area contributed by atoms with E-state index in [2.05, 4.69) is 10.3 Å². The summed E-state index contributed by atoms with van der Waals surface area (Å²) in [5.41, 5.74) is 7.61. The number of ether oxygens (including phenoxy) is 2. The molecule has 6 nitrogen and oxygen atoms in total. The minimum absolute atomic E-state index is 0.0389.